The van der Waals surface area contributed by atoms with Crippen molar-refractivity contribution in [2.45, 2.75) is 75.7 Å². The lowest BCUT2D eigenvalue weighted by Crippen LogP contribution is -2.28. The van der Waals surface area contributed by atoms with Gasteiger partial charge in [0.1, 0.15) is 27.8 Å². The number of aliphatic hydroxyl groups excluding tert-OH is 3. The number of methoxy groups -OCH3 is 5. The van der Waals surface area contributed by atoms with Crippen molar-refractivity contribution in [2.24, 2.45) is 0 Å². The molecule has 45 nitrogen and oxygen atoms in total. The number of nitro benzene ring substituents is 1. The Labute approximate surface area is 753 Å². The molecular formula is C78H86BrF6NO44S2. The van der Waals surface area contributed by atoms with Crippen molar-refractivity contribution in [3.63, 3.8) is 0 Å². The largest absolute Gasteiger partial charge is 0.534 e. The first-order valence-corrected chi connectivity index (χ1v) is 41.3. The molecule has 0 saturated heterocycles. The summed E-state index contributed by atoms with van der Waals surface area (Å²) in [6.07, 6.45) is -4.97. The van der Waals surface area contributed by atoms with Gasteiger partial charge in [-0.25, -0.2) is 14.4 Å². The Kier molecular flexibility index (Phi) is 39.7. The van der Waals surface area contributed by atoms with E-state index in [0.717, 1.165) is 35.9 Å². The molecule has 0 fully saturated rings. The van der Waals surface area contributed by atoms with E-state index in [1.54, 1.807) is 58.0 Å². The lowest BCUT2D eigenvalue weighted by molar-refractivity contribution is -0.384. The first-order valence-electron chi connectivity index (χ1n) is 37.5. The molecule has 0 bridgehead atoms. The molecule has 13 rings (SSSR count). The number of nitrogens with zero attached hydrogens (tertiary/aromatic N) is 1. The molecule has 0 aromatic heterocycles. The molecule has 0 aliphatic carbocycles. The van der Waals surface area contributed by atoms with Crippen molar-refractivity contribution in [1.29, 1.82) is 0 Å². The van der Waals surface area contributed by atoms with Gasteiger partial charge in [-0.15, -0.1) is 0 Å². The van der Waals surface area contributed by atoms with Gasteiger partial charge in [-0.3, -0.25) is 14.9 Å². The van der Waals surface area contributed by atoms with Gasteiger partial charge in [0.15, 0.2) is 121 Å². The number of fused-ring (bicyclic) bond motifs is 6. The van der Waals surface area contributed by atoms with E-state index in [1.165, 1.54) is 60.7 Å². The van der Waals surface area contributed by atoms with Crippen LogP contribution in [0.15, 0.2) is 78.9 Å². The maximum absolute atomic E-state index is 12.7. The zero-order valence-electron chi connectivity index (χ0n) is 71.0. The molecule has 0 radical (unpaired) electrons. The molecule has 728 valence electrons. The molecular weight excluding hydrogens is 1910 g/mol. The lowest BCUT2D eigenvalue weighted by Gasteiger charge is -2.18. The number of non-ortho nitro benzene ring substituents is 1. The van der Waals surface area contributed by atoms with E-state index in [1.807, 2.05) is 6.92 Å². The third-order valence-electron chi connectivity index (χ3n) is 16.6. The number of phenolic OH excluding ortho intramolecular Hbond substituents is 3. The standard InChI is InChI=1S/C14H17BrO6.C14H15F3O10S.C14H18O7.C13H16O8.C9H10O5.C7H4F3NO5S.C7H6O3/c1-4-18-14(16)11(15)9-5-10(19-6-17-3)8(2)12-13(9)21-7-20-12;1-3-23-13(19)9(18)7-4-8(24-5-22-2)11(12-10(7)25-6-26-12)27-28(20,21)14(15,16)17;1-4-18-14(16)11(15)9-5-10(19-6-17-3)8(2)12-13(9)21-7-20-12;1-3-18-13(16)9(14)7-4-8(19-5-17-2)10(15)12-11(7)20-6-21-12;1-11-4-12-6-2-3-7-9(8(6)10)14-5-13-7;8-7(9,10)17(14,15)16-6-3-1-5(2-4-6)11(12)13;8-5-1-2-6-7(3-5)10-4-9-6/h5,11H,4,6-7H2,1-3H3;4,9,18H,3,5-6H2,1-2H3;5,11,15H,4,6-7H2,1-3H3;4,9,14-15H,3,5-6H2,1-2H3;2-3,10H,4-5H2,1H3;1-4H;1-3,8H,4H2. The lowest BCUT2D eigenvalue weighted by atomic mass is 10.0. The van der Waals surface area contributed by atoms with E-state index in [4.69, 9.17) is 119 Å². The van der Waals surface area contributed by atoms with Gasteiger partial charge < -0.3 is 162 Å². The average molecular weight is 2000 g/mol. The number of nitro groups is 1. The summed E-state index contributed by atoms with van der Waals surface area (Å²) in [6, 6.07) is 16.6. The minimum absolute atomic E-state index is 0.000511. The number of rotatable bonds is 32. The van der Waals surface area contributed by atoms with Crippen molar-refractivity contribution in [1.82, 2.24) is 0 Å². The fraction of sp³-hybridized carbons (Fsp3) is 0.410. The number of carbonyl (C=O) groups excluding carboxylic acids is 4. The third-order valence-corrected chi connectivity index (χ3v) is 19.4. The smallest absolute Gasteiger partial charge is 0.508 e. The maximum Gasteiger partial charge on any atom is 0.534 e. The second-order valence-corrected chi connectivity index (χ2v) is 29.3. The second-order valence-electron chi connectivity index (χ2n) is 25.3. The van der Waals surface area contributed by atoms with Crippen molar-refractivity contribution in [3.8, 4) is 126 Å². The van der Waals surface area contributed by atoms with E-state index < -0.39 is 131 Å². The molecule has 0 saturated carbocycles. The number of hydrogen-bond donors (Lipinski definition) is 6. The minimum Gasteiger partial charge on any atom is -0.508 e. The van der Waals surface area contributed by atoms with Gasteiger partial charge in [-0.1, -0.05) is 15.9 Å². The Bertz CT molecular complexity index is 5120. The molecule has 6 aliphatic rings. The first-order chi connectivity index (χ1) is 62.6. The van der Waals surface area contributed by atoms with Crippen LogP contribution >= 0.6 is 15.9 Å². The Hall–Kier alpha value is -12.9. The Balaban J connectivity index is 0.000000214. The van der Waals surface area contributed by atoms with E-state index in [9.17, 15) is 98.0 Å². The fourth-order valence-electron chi connectivity index (χ4n) is 10.8. The Morgan fingerprint density at radius 1 is 0.409 bits per heavy atom. The fourth-order valence-corrected chi connectivity index (χ4v) is 12.2. The van der Waals surface area contributed by atoms with Crippen LogP contribution in [0, 0.1) is 24.0 Å². The average Bonchev–Trinajstić information content (AvgIpc) is 1.53. The first kappa shape index (κ1) is 106. The number of benzene rings is 7. The predicted octanol–water partition coefficient (Wildman–Crippen LogP) is 9.98. The summed E-state index contributed by atoms with van der Waals surface area (Å²) >= 11 is 3.34. The summed E-state index contributed by atoms with van der Waals surface area (Å²) < 4.78 is 257. The van der Waals surface area contributed by atoms with E-state index >= 15 is 0 Å². The number of alkyl halides is 7. The predicted molar refractivity (Wildman–Crippen MR) is 430 cm³/mol. The van der Waals surface area contributed by atoms with E-state index in [-0.39, 0.29) is 132 Å². The molecule has 6 aliphatic heterocycles. The molecule has 0 spiro atoms. The SMILES string of the molecule is CCOC(=O)C(Br)c1cc(OCOC)c(C)c2c1OCO2.CCOC(=O)C(O)c1cc(OCOC)c(C)c2c1OCO2.CCOC(=O)C(O)c1cc(OCOC)c(O)c2c1OCO2.CCOC(=O)C(O)c1cc(OCOC)c(OS(=O)(=O)C(F)(F)F)c2c1OCO2.COCOc1ccc2c(c1O)OCO2.O=[N+]([O-])c1ccc(OS(=O)(=O)C(F)(F)F)cc1.Oc1ccc2c(c1)OCO2. The Morgan fingerprint density at radius 2 is 0.742 bits per heavy atom. The van der Waals surface area contributed by atoms with Crippen LogP contribution in [0.3, 0.4) is 0 Å². The molecule has 132 heavy (non-hydrogen) atoms. The quantitative estimate of drug-likeness (QED) is 0.00263. The van der Waals surface area contributed by atoms with Gasteiger partial charge in [0, 0.05) is 87.1 Å². The van der Waals surface area contributed by atoms with Crippen LogP contribution < -0.4 is 88.9 Å². The highest BCUT2D eigenvalue weighted by molar-refractivity contribution is 9.09. The van der Waals surface area contributed by atoms with E-state index in [0.29, 0.717) is 81.0 Å². The minimum atomic E-state index is -6.09. The summed E-state index contributed by atoms with van der Waals surface area (Å²) in [5.74, 6) is -1.05. The number of carbonyl (C=O) groups is 4. The number of aromatic hydroxyl groups is 3. The van der Waals surface area contributed by atoms with Crippen LogP contribution in [0.25, 0.3) is 0 Å². The normalized spacial score (nSPS) is 13.7. The molecule has 7 aromatic rings. The zero-order chi connectivity index (χ0) is 97.5. The topological polar surface area (TPSA) is 560 Å². The van der Waals surface area contributed by atoms with Crippen LogP contribution in [0.2, 0.25) is 0 Å². The Morgan fingerprint density at radius 3 is 1.20 bits per heavy atom. The molecule has 4 unspecified atom stereocenters. The van der Waals surface area contributed by atoms with Crippen molar-refractivity contribution in [3.05, 3.63) is 122 Å². The summed E-state index contributed by atoms with van der Waals surface area (Å²) in [5.41, 5.74) is -9.53. The highest BCUT2D eigenvalue weighted by Gasteiger charge is 2.51. The highest BCUT2D eigenvalue weighted by atomic mass is 79.9. The summed E-state index contributed by atoms with van der Waals surface area (Å²) in [5, 5.41) is 69.2. The van der Waals surface area contributed by atoms with Crippen LogP contribution in [0.5, 0.6) is 126 Å². The number of esters is 4. The van der Waals surface area contributed by atoms with Crippen molar-refractivity contribution in [2.75, 3.05) is 137 Å². The summed E-state index contributed by atoms with van der Waals surface area (Å²) in [7, 11) is -4.70. The molecule has 4 atom stereocenters. The highest BCUT2D eigenvalue weighted by Crippen LogP contribution is 2.55. The van der Waals surface area contributed by atoms with Gasteiger partial charge in [0.05, 0.1) is 31.4 Å². The maximum atomic E-state index is 12.7. The number of halogens is 7. The summed E-state index contributed by atoms with van der Waals surface area (Å²) in [4.78, 5) is 55.9. The molecule has 0 amide bonds. The zero-order valence-corrected chi connectivity index (χ0v) is 74.2. The summed E-state index contributed by atoms with van der Waals surface area (Å²) in [6.45, 7) is 10.1. The van der Waals surface area contributed by atoms with E-state index in [2.05, 4.69) is 33.8 Å². The molecule has 54 heteroatoms. The van der Waals surface area contributed by atoms with Gasteiger partial charge >= 0.3 is 55.1 Å². The molecule has 7 aromatic carbocycles. The van der Waals surface area contributed by atoms with Gasteiger partial charge in [0.25, 0.3) is 5.69 Å². The van der Waals surface area contributed by atoms with Crippen molar-refractivity contribution >= 4 is 65.7 Å². The number of aliphatic hydroxyl groups is 3. The third kappa shape index (κ3) is 27.6. The van der Waals surface area contributed by atoms with Crippen LogP contribution in [-0.4, -0.2) is 224 Å². The number of phenols is 3. The molecule has 6 heterocycles. The van der Waals surface area contributed by atoms with Gasteiger partial charge in [0.2, 0.25) is 75.3 Å². The van der Waals surface area contributed by atoms with Crippen LogP contribution in [-0.2, 0) is 82.0 Å². The second kappa shape index (κ2) is 49.3. The number of hydrogen-bond acceptors (Lipinski definition) is 44. The van der Waals surface area contributed by atoms with Gasteiger partial charge in [-0.2, -0.15) is 43.2 Å². The molecule has 6 N–H and O–H groups in total. The van der Waals surface area contributed by atoms with Crippen LogP contribution in [0.1, 0.15) is 84.2 Å². The number of ether oxygens (including phenoxy) is 26. The van der Waals surface area contributed by atoms with Crippen LogP contribution in [0.4, 0.5) is 32.0 Å². The monoisotopic (exact) mass is 2000 g/mol. The van der Waals surface area contributed by atoms with Crippen molar-refractivity contribution < 1.29 is 229 Å². The van der Waals surface area contributed by atoms with Gasteiger partial charge in [-0.05, 0) is 102 Å².